The van der Waals surface area contributed by atoms with Crippen molar-refractivity contribution in [1.82, 2.24) is 5.32 Å². The lowest BCUT2D eigenvalue weighted by atomic mass is 9.98. The fourth-order valence-electron chi connectivity index (χ4n) is 1.70. The van der Waals surface area contributed by atoms with Gasteiger partial charge in [0, 0.05) is 13.0 Å². The summed E-state index contributed by atoms with van der Waals surface area (Å²) in [4.78, 5) is 33.7. The van der Waals surface area contributed by atoms with Crippen LogP contribution >= 0.6 is 11.3 Å². The maximum Gasteiger partial charge on any atom is 0.345 e. The van der Waals surface area contributed by atoms with Crippen molar-refractivity contribution in [1.29, 1.82) is 0 Å². The Labute approximate surface area is 107 Å². The second kappa shape index (κ2) is 5.18. The SMILES string of the molecule is O=C1CCC(C(=O)Nc2ccc(C(=O)O)s2)CN1. The summed E-state index contributed by atoms with van der Waals surface area (Å²) < 4.78 is 0. The first-order valence-electron chi connectivity index (χ1n) is 5.47. The van der Waals surface area contributed by atoms with Crippen LogP contribution in [0.4, 0.5) is 5.00 Å². The number of aromatic carboxylic acids is 1. The number of thiophene rings is 1. The molecule has 1 saturated heterocycles. The van der Waals surface area contributed by atoms with Crippen LogP contribution in [-0.4, -0.2) is 29.4 Å². The predicted octanol–water partition coefficient (Wildman–Crippen LogP) is 0.911. The van der Waals surface area contributed by atoms with E-state index >= 15 is 0 Å². The number of carbonyl (C=O) groups is 3. The van der Waals surface area contributed by atoms with E-state index in [4.69, 9.17) is 5.11 Å². The van der Waals surface area contributed by atoms with E-state index in [-0.39, 0.29) is 22.6 Å². The lowest BCUT2D eigenvalue weighted by Gasteiger charge is -2.21. The van der Waals surface area contributed by atoms with Gasteiger partial charge in [-0.3, -0.25) is 9.59 Å². The molecule has 1 fully saturated rings. The van der Waals surface area contributed by atoms with E-state index in [0.717, 1.165) is 11.3 Å². The highest BCUT2D eigenvalue weighted by molar-refractivity contribution is 7.18. The number of piperidine rings is 1. The van der Waals surface area contributed by atoms with Crippen LogP contribution in [0.15, 0.2) is 12.1 Å². The average molecular weight is 268 g/mol. The van der Waals surface area contributed by atoms with Crippen LogP contribution in [0.1, 0.15) is 22.5 Å². The normalized spacial score (nSPS) is 19.1. The molecule has 1 atom stereocenters. The third-order valence-electron chi connectivity index (χ3n) is 2.70. The first-order chi connectivity index (χ1) is 8.56. The van der Waals surface area contributed by atoms with E-state index in [9.17, 15) is 14.4 Å². The van der Waals surface area contributed by atoms with E-state index in [1.807, 2.05) is 0 Å². The first-order valence-corrected chi connectivity index (χ1v) is 6.28. The van der Waals surface area contributed by atoms with Crippen molar-refractivity contribution in [2.45, 2.75) is 12.8 Å². The quantitative estimate of drug-likeness (QED) is 0.759. The highest BCUT2D eigenvalue weighted by atomic mass is 32.1. The van der Waals surface area contributed by atoms with Gasteiger partial charge in [-0.1, -0.05) is 0 Å². The monoisotopic (exact) mass is 268 g/mol. The van der Waals surface area contributed by atoms with Crippen LogP contribution in [0, 0.1) is 5.92 Å². The maximum absolute atomic E-state index is 11.9. The molecular weight excluding hydrogens is 256 g/mol. The minimum Gasteiger partial charge on any atom is -0.477 e. The highest BCUT2D eigenvalue weighted by Crippen LogP contribution is 2.23. The number of anilines is 1. The smallest absolute Gasteiger partial charge is 0.345 e. The van der Waals surface area contributed by atoms with Gasteiger partial charge in [0.25, 0.3) is 0 Å². The molecule has 1 aliphatic rings. The van der Waals surface area contributed by atoms with Gasteiger partial charge >= 0.3 is 5.97 Å². The minimum atomic E-state index is -1.01. The van der Waals surface area contributed by atoms with Crippen LogP contribution in [0.2, 0.25) is 0 Å². The molecule has 2 amide bonds. The Balaban J connectivity index is 1.94. The summed E-state index contributed by atoms with van der Waals surface area (Å²) in [6, 6.07) is 3.01. The summed E-state index contributed by atoms with van der Waals surface area (Å²) in [5.41, 5.74) is 0. The molecule has 0 saturated carbocycles. The molecule has 3 N–H and O–H groups in total. The van der Waals surface area contributed by atoms with Crippen molar-refractivity contribution in [3.8, 4) is 0 Å². The van der Waals surface area contributed by atoms with E-state index < -0.39 is 5.97 Å². The number of carboxylic acid groups (broad SMARTS) is 1. The molecule has 0 aromatic carbocycles. The van der Waals surface area contributed by atoms with Gasteiger partial charge in [-0.2, -0.15) is 0 Å². The Morgan fingerprint density at radius 3 is 2.78 bits per heavy atom. The zero-order chi connectivity index (χ0) is 13.1. The van der Waals surface area contributed by atoms with Gasteiger partial charge in [-0.15, -0.1) is 11.3 Å². The second-order valence-corrected chi connectivity index (χ2v) is 5.08. The van der Waals surface area contributed by atoms with Gasteiger partial charge in [0.05, 0.1) is 10.9 Å². The van der Waals surface area contributed by atoms with Crippen molar-refractivity contribution >= 4 is 34.1 Å². The van der Waals surface area contributed by atoms with Gasteiger partial charge in [0.15, 0.2) is 0 Å². The molecule has 1 aromatic rings. The molecule has 1 aliphatic heterocycles. The minimum absolute atomic E-state index is 0.0386. The zero-order valence-corrected chi connectivity index (χ0v) is 10.3. The molecule has 0 radical (unpaired) electrons. The number of rotatable bonds is 3. The molecule has 1 aromatic heterocycles. The lowest BCUT2D eigenvalue weighted by molar-refractivity contribution is -0.126. The van der Waals surface area contributed by atoms with Gasteiger partial charge in [0.1, 0.15) is 4.88 Å². The predicted molar refractivity (Wildman–Crippen MR) is 65.6 cm³/mol. The number of amides is 2. The van der Waals surface area contributed by atoms with Crippen molar-refractivity contribution in [2.75, 3.05) is 11.9 Å². The molecule has 18 heavy (non-hydrogen) atoms. The maximum atomic E-state index is 11.9. The summed E-state index contributed by atoms with van der Waals surface area (Å²) in [6.45, 7) is 0.335. The third-order valence-corrected chi connectivity index (χ3v) is 3.69. The van der Waals surface area contributed by atoms with Crippen LogP contribution in [0.25, 0.3) is 0 Å². The highest BCUT2D eigenvalue weighted by Gasteiger charge is 2.24. The number of nitrogens with one attached hydrogen (secondary N) is 2. The lowest BCUT2D eigenvalue weighted by Crippen LogP contribution is -2.40. The van der Waals surface area contributed by atoms with Gasteiger partial charge in [-0.05, 0) is 18.6 Å². The van der Waals surface area contributed by atoms with Crippen LogP contribution in [0.3, 0.4) is 0 Å². The molecule has 0 bridgehead atoms. The van der Waals surface area contributed by atoms with Crippen LogP contribution in [-0.2, 0) is 9.59 Å². The zero-order valence-electron chi connectivity index (χ0n) is 9.43. The molecule has 7 heteroatoms. The Morgan fingerprint density at radius 2 is 2.22 bits per heavy atom. The molecule has 0 aliphatic carbocycles. The number of hydrogen-bond acceptors (Lipinski definition) is 4. The molecule has 2 rings (SSSR count). The molecule has 1 unspecified atom stereocenters. The van der Waals surface area contributed by atoms with Crippen LogP contribution in [0.5, 0.6) is 0 Å². The fourth-order valence-corrected chi connectivity index (χ4v) is 2.45. The first kappa shape index (κ1) is 12.6. The van der Waals surface area contributed by atoms with Crippen molar-refractivity contribution in [3.63, 3.8) is 0 Å². The molecule has 2 heterocycles. The van der Waals surface area contributed by atoms with Crippen molar-refractivity contribution < 1.29 is 19.5 Å². The van der Waals surface area contributed by atoms with E-state index in [2.05, 4.69) is 10.6 Å². The van der Waals surface area contributed by atoms with Crippen molar-refractivity contribution in [3.05, 3.63) is 17.0 Å². The van der Waals surface area contributed by atoms with E-state index in [1.165, 1.54) is 6.07 Å². The van der Waals surface area contributed by atoms with Gasteiger partial charge in [0.2, 0.25) is 11.8 Å². The van der Waals surface area contributed by atoms with Gasteiger partial charge in [-0.25, -0.2) is 4.79 Å². The molecule has 96 valence electrons. The number of carboxylic acids is 1. The summed E-state index contributed by atoms with van der Waals surface area (Å²) in [5, 5.41) is 14.6. The topological polar surface area (TPSA) is 95.5 Å². The Morgan fingerprint density at radius 1 is 1.44 bits per heavy atom. The fraction of sp³-hybridized carbons (Fsp3) is 0.364. The number of carbonyl (C=O) groups excluding carboxylic acids is 2. The summed E-state index contributed by atoms with van der Waals surface area (Å²) >= 11 is 1.02. The Kier molecular flexibility index (Phi) is 3.61. The summed E-state index contributed by atoms with van der Waals surface area (Å²) in [5.74, 6) is -1.49. The van der Waals surface area contributed by atoms with E-state index in [0.29, 0.717) is 24.4 Å². The Hall–Kier alpha value is -1.89. The molecule has 0 spiro atoms. The standard InChI is InChI=1S/C11H12N2O4S/c14-8-3-1-6(5-12-8)10(15)13-9-4-2-7(18-9)11(16)17/h2,4,6H,1,3,5H2,(H,12,14)(H,13,15)(H,16,17). The van der Waals surface area contributed by atoms with Crippen molar-refractivity contribution in [2.24, 2.45) is 5.92 Å². The summed E-state index contributed by atoms with van der Waals surface area (Å²) in [7, 11) is 0. The molecule has 6 nitrogen and oxygen atoms in total. The second-order valence-electron chi connectivity index (χ2n) is 4.00. The average Bonchev–Trinajstić information content (AvgIpc) is 2.78. The molecular formula is C11H12N2O4S. The summed E-state index contributed by atoms with van der Waals surface area (Å²) in [6.07, 6.45) is 0.873. The van der Waals surface area contributed by atoms with Crippen LogP contribution < -0.4 is 10.6 Å². The Bertz CT molecular complexity index is 487. The largest absolute Gasteiger partial charge is 0.477 e. The number of hydrogen-bond donors (Lipinski definition) is 3. The van der Waals surface area contributed by atoms with E-state index in [1.54, 1.807) is 6.07 Å². The third kappa shape index (κ3) is 2.86. The van der Waals surface area contributed by atoms with Gasteiger partial charge < -0.3 is 15.7 Å².